The second-order valence-electron chi connectivity index (χ2n) is 8.71. The van der Waals surface area contributed by atoms with Crippen LogP contribution in [0.15, 0.2) is 52.6 Å². The summed E-state index contributed by atoms with van der Waals surface area (Å²) >= 11 is 5.38. The maximum atomic E-state index is 4.96. The van der Waals surface area contributed by atoms with Crippen LogP contribution in [0, 0.1) is 5.92 Å². The average molecular weight is 526 g/mol. The van der Waals surface area contributed by atoms with Crippen LogP contribution in [0.4, 0.5) is 5.82 Å². The molecule has 1 atom stereocenters. The van der Waals surface area contributed by atoms with E-state index >= 15 is 0 Å². The van der Waals surface area contributed by atoms with Gasteiger partial charge in [0.15, 0.2) is 5.65 Å². The molecule has 1 aliphatic rings. The predicted molar refractivity (Wildman–Crippen MR) is 139 cm³/mol. The number of rotatable bonds is 8. The van der Waals surface area contributed by atoms with E-state index in [1.54, 1.807) is 11.3 Å². The summed E-state index contributed by atoms with van der Waals surface area (Å²) in [5.41, 5.74) is 4.37. The molecule has 1 fully saturated rings. The highest BCUT2D eigenvalue weighted by molar-refractivity contribution is 9.10. The van der Waals surface area contributed by atoms with E-state index in [1.165, 1.54) is 29.0 Å². The second-order valence-corrected chi connectivity index (χ2v) is 10.5. The smallest absolute Gasteiger partial charge is 0.172 e. The molecular weight excluding hydrogens is 496 g/mol. The molecule has 4 heterocycles. The summed E-state index contributed by atoms with van der Waals surface area (Å²) in [5, 5.41) is 11.5. The van der Waals surface area contributed by atoms with Crippen molar-refractivity contribution in [1.29, 1.82) is 0 Å². The Labute approximate surface area is 207 Å². The molecule has 1 unspecified atom stereocenters. The predicted octanol–water partition coefficient (Wildman–Crippen LogP) is 5.89. The van der Waals surface area contributed by atoms with Crippen molar-refractivity contribution in [3.05, 3.63) is 63.1 Å². The fourth-order valence-electron chi connectivity index (χ4n) is 4.69. The third-order valence-corrected chi connectivity index (χ3v) is 7.58. The summed E-state index contributed by atoms with van der Waals surface area (Å²) in [5.74, 6) is 1.58. The number of thiazole rings is 1. The number of benzene rings is 1. The Hall–Kier alpha value is -2.29. The molecule has 1 aromatic carbocycles. The standard InChI is InChI=1S/C25H29BrN6S/c1-2-6-19-8-3-4-9-20(19)22-13-23(32-25(30-22)21(26)15-29-32)28-14-18-7-5-11-31(16-18)17-24-27-10-12-33-24/h3-4,8-10,12-13,15,18,28H,2,5-7,11,14,16-17H2,1H3. The van der Waals surface area contributed by atoms with Crippen molar-refractivity contribution in [1.82, 2.24) is 24.5 Å². The number of nitrogens with one attached hydrogen (secondary N) is 1. The Bertz CT molecular complexity index is 1210. The maximum absolute atomic E-state index is 4.96. The first-order chi connectivity index (χ1) is 16.2. The topological polar surface area (TPSA) is 58.4 Å². The van der Waals surface area contributed by atoms with Crippen LogP contribution in [0.2, 0.25) is 0 Å². The highest BCUT2D eigenvalue weighted by Gasteiger charge is 2.21. The molecule has 3 aromatic heterocycles. The number of aryl methyl sites for hydroxylation is 1. The second kappa shape index (κ2) is 10.3. The van der Waals surface area contributed by atoms with Gasteiger partial charge in [-0.1, -0.05) is 37.6 Å². The van der Waals surface area contributed by atoms with Gasteiger partial charge >= 0.3 is 0 Å². The Morgan fingerprint density at radius 2 is 2.18 bits per heavy atom. The van der Waals surface area contributed by atoms with Crippen LogP contribution in [-0.4, -0.2) is 44.1 Å². The van der Waals surface area contributed by atoms with E-state index in [-0.39, 0.29) is 0 Å². The zero-order valence-electron chi connectivity index (χ0n) is 18.9. The van der Waals surface area contributed by atoms with Crippen LogP contribution >= 0.6 is 27.3 Å². The number of aromatic nitrogens is 4. The highest BCUT2D eigenvalue weighted by atomic mass is 79.9. The minimum atomic E-state index is 0.594. The van der Waals surface area contributed by atoms with Crippen molar-refractivity contribution in [3.63, 3.8) is 0 Å². The van der Waals surface area contributed by atoms with Crippen molar-refractivity contribution in [3.8, 4) is 11.3 Å². The van der Waals surface area contributed by atoms with Gasteiger partial charge < -0.3 is 5.32 Å². The quantitative estimate of drug-likeness (QED) is 0.311. The van der Waals surface area contributed by atoms with E-state index in [1.807, 2.05) is 16.9 Å². The average Bonchev–Trinajstić information content (AvgIpc) is 3.48. The monoisotopic (exact) mass is 524 g/mol. The fourth-order valence-corrected chi connectivity index (χ4v) is 5.70. The first-order valence-corrected chi connectivity index (χ1v) is 13.4. The summed E-state index contributed by atoms with van der Waals surface area (Å²) < 4.78 is 2.82. The molecule has 1 aliphatic heterocycles. The van der Waals surface area contributed by atoms with Gasteiger partial charge in [0, 0.05) is 36.3 Å². The van der Waals surface area contributed by atoms with Crippen molar-refractivity contribution in [2.24, 2.45) is 5.92 Å². The molecule has 0 bridgehead atoms. The Morgan fingerprint density at radius 1 is 1.27 bits per heavy atom. The highest BCUT2D eigenvalue weighted by Crippen LogP contribution is 2.29. The molecule has 1 N–H and O–H groups in total. The van der Waals surface area contributed by atoms with E-state index in [0.717, 1.165) is 60.7 Å². The maximum Gasteiger partial charge on any atom is 0.172 e. The molecule has 4 aromatic rings. The van der Waals surface area contributed by atoms with Crippen LogP contribution < -0.4 is 5.32 Å². The lowest BCUT2D eigenvalue weighted by Gasteiger charge is -2.32. The zero-order chi connectivity index (χ0) is 22.6. The molecule has 8 heteroatoms. The zero-order valence-corrected chi connectivity index (χ0v) is 21.3. The van der Waals surface area contributed by atoms with Gasteiger partial charge in [0.1, 0.15) is 10.8 Å². The number of hydrogen-bond donors (Lipinski definition) is 1. The van der Waals surface area contributed by atoms with Crippen molar-refractivity contribution < 1.29 is 0 Å². The molecule has 0 amide bonds. The minimum Gasteiger partial charge on any atom is -0.370 e. The lowest BCUT2D eigenvalue weighted by molar-refractivity contribution is 0.173. The molecule has 1 saturated heterocycles. The minimum absolute atomic E-state index is 0.594. The van der Waals surface area contributed by atoms with E-state index < -0.39 is 0 Å². The van der Waals surface area contributed by atoms with Gasteiger partial charge in [-0.3, -0.25) is 4.90 Å². The van der Waals surface area contributed by atoms with Gasteiger partial charge in [0.05, 0.1) is 22.9 Å². The van der Waals surface area contributed by atoms with Crippen LogP contribution in [0.25, 0.3) is 16.9 Å². The normalized spacial score (nSPS) is 17.0. The lowest BCUT2D eigenvalue weighted by Crippen LogP contribution is -2.37. The number of nitrogens with zero attached hydrogens (tertiary/aromatic N) is 5. The van der Waals surface area contributed by atoms with Crippen molar-refractivity contribution in [2.75, 3.05) is 25.0 Å². The van der Waals surface area contributed by atoms with E-state index in [0.29, 0.717) is 5.92 Å². The molecule has 0 aliphatic carbocycles. The van der Waals surface area contributed by atoms with E-state index in [9.17, 15) is 0 Å². The van der Waals surface area contributed by atoms with Crippen LogP contribution in [-0.2, 0) is 13.0 Å². The summed E-state index contributed by atoms with van der Waals surface area (Å²) in [4.78, 5) is 12.0. The molecule has 33 heavy (non-hydrogen) atoms. The number of anilines is 1. The third kappa shape index (κ3) is 5.13. The Balaban J connectivity index is 1.37. The van der Waals surface area contributed by atoms with Gasteiger partial charge in [0.2, 0.25) is 0 Å². The van der Waals surface area contributed by atoms with E-state index in [2.05, 4.69) is 78.9 Å². The summed E-state index contributed by atoms with van der Waals surface area (Å²) in [6, 6.07) is 10.7. The number of piperidine rings is 1. The van der Waals surface area contributed by atoms with Crippen LogP contribution in [0.5, 0.6) is 0 Å². The van der Waals surface area contributed by atoms with Gasteiger partial charge in [-0.05, 0) is 53.2 Å². The molecule has 5 rings (SSSR count). The first kappa shape index (κ1) is 22.5. The van der Waals surface area contributed by atoms with Crippen LogP contribution in [0.3, 0.4) is 0 Å². The summed E-state index contributed by atoms with van der Waals surface area (Å²) in [6.07, 6.45) is 8.35. The van der Waals surface area contributed by atoms with E-state index in [4.69, 9.17) is 4.98 Å². The first-order valence-electron chi connectivity index (χ1n) is 11.7. The number of halogens is 1. The van der Waals surface area contributed by atoms with Gasteiger partial charge in [-0.2, -0.15) is 9.61 Å². The molecular formula is C25H29BrN6S. The Morgan fingerprint density at radius 3 is 3.03 bits per heavy atom. The van der Waals surface area contributed by atoms with Crippen LogP contribution in [0.1, 0.15) is 36.8 Å². The van der Waals surface area contributed by atoms with Gasteiger partial charge in [-0.15, -0.1) is 11.3 Å². The molecule has 0 spiro atoms. The lowest BCUT2D eigenvalue weighted by atomic mass is 9.98. The van der Waals surface area contributed by atoms with Crippen molar-refractivity contribution in [2.45, 2.75) is 39.2 Å². The third-order valence-electron chi connectivity index (χ3n) is 6.26. The molecule has 0 radical (unpaired) electrons. The summed E-state index contributed by atoms with van der Waals surface area (Å²) in [6.45, 7) is 6.34. The number of hydrogen-bond acceptors (Lipinski definition) is 6. The molecule has 0 saturated carbocycles. The van der Waals surface area contributed by atoms with Gasteiger partial charge in [0.25, 0.3) is 0 Å². The molecule has 6 nitrogen and oxygen atoms in total. The SMILES string of the molecule is CCCc1ccccc1-c1cc(NCC2CCCN(Cc3nccs3)C2)n2ncc(Br)c2n1. The van der Waals surface area contributed by atoms with Gasteiger partial charge in [-0.25, -0.2) is 9.97 Å². The largest absolute Gasteiger partial charge is 0.370 e. The van der Waals surface area contributed by atoms with Crippen molar-refractivity contribution >= 4 is 38.7 Å². The fraction of sp³-hybridized carbons (Fsp3) is 0.400. The summed E-state index contributed by atoms with van der Waals surface area (Å²) in [7, 11) is 0. The number of fused-ring (bicyclic) bond motifs is 1. The molecule has 172 valence electrons. The number of likely N-dealkylation sites (tertiary alicyclic amines) is 1. The Kier molecular flexibility index (Phi) is 7.04.